The molecule has 1 amide bonds. The molecule has 0 radical (unpaired) electrons. The number of nitrogens with zero attached hydrogens (tertiary/aromatic N) is 2. The fourth-order valence-corrected chi connectivity index (χ4v) is 3.97. The summed E-state index contributed by atoms with van der Waals surface area (Å²) in [7, 11) is 0. The summed E-state index contributed by atoms with van der Waals surface area (Å²) in [6.07, 6.45) is 3.10. The van der Waals surface area contributed by atoms with Crippen molar-refractivity contribution in [1.29, 1.82) is 0 Å². The summed E-state index contributed by atoms with van der Waals surface area (Å²) in [5, 5.41) is 3.03. The maximum Gasteiger partial charge on any atom is 0.251 e. The number of halogens is 3. The Kier molecular flexibility index (Phi) is 9.81. The molecule has 154 valence electrons. The second-order valence-corrected chi connectivity index (χ2v) is 7.09. The van der Waals surface area contributed by atoms with E-state index in [1.807, 2.05) is 0 Å². The Morgan fingerprint density at radius 1 is 1.22 bits per heavy atom. The van der Waals surface area contributed by atoms with E-state index in [1.165, 1.54) is 6.07 Å². The Hall–Kier alpha value is -1.08. The number of hydrogen-bond acceptors (Lipinski definition) is 4. The third-order valence-corrected chi connectivity index (χ3v) is 5.65. The van der Waals surface area contributed by atoms with E-state index in [9.17, 15) is 9.18 Å². The van der Waals surface area contributed by atoms with Crippen LogP contribution in [0.15, 0.2) is 18.2 Å². The van der Waals surface area contributed by atoms with Gasteiger partial charge in [0.1, 0.15) is 5.82 Å². The molecule has 5 nitrogen and oxygen atoms in total. The molecule has 1 saturated carbocycles. The zero-order valence-electron chi connectivity index (χ0n) is 15.8. The number of nitrogens with one attached hydrogen (secondary N) is 1. The van der Waals surface area contributed by atoms with Crippen molar-refractivity contribution in [3.63, 3.8) is 0 Å². The lowest BCUT2D eigenvalue weighted by atomic mass is 10.0. The van der Waals surface area contributed by atoms with E-state index < -0.39 is 0 Å². The number of hydrogen-bond donors (Lipinski definition) is 2. The predicted octanol–water partition coefficient (Wildman–Crippen LogP) is 2.67. The van der Waals surface area contributed by atoms with Crippen LogP contribution >= 0.6 is 24.8 Å². The first-order valence-corrected chi connectivity index (χ1v) is 9.40. The molecule has 0 bridgehead atoms. The summed E-state index contributed by atoms with van der Waals surface area (Å²) < 4.78 is 14.6. The monoisotopic (exact) mass is 420 g/mol. The predicted molar refractivity (Wildman–Crippen MR) is 113 cm³/mol. The molecular formula is C19H31Cl2FN4O. The Labute approximate surface area is 173 Å². The molecule has 1 heterocycles. The highest BCUT2D eigenvalue weighted by Crippen LogP contribution is 2.26. The molecule has 1 aliphatic carbocycles. The highest BCUT2D eigenvalue weighted by atomic mass is 35.5. The van der Waals surface area contributed by atoms with Crippen LogP contribution in [0.5, 0.6) is 0 Å². The zero-order chi connectivity index (χ0) is 17.8. The van der Waals surface area contributed by atoms with Gasteiger partial charge < -0.3 is 20.9 Å². The number of likely N-dealkylation sites (N-methyl/N-ethyl adjacent to an activating group) is 1. The molecule has 3 rings (SSSR count). The SMILES string of the molecule is CCN1CCN(c2ccc(C(=O)NC3CCCC3CN)cc2F)CC1.Cl.Cl. The van der Waals surface area contributed by atoms with Gasteiger partial charge in [0.05, 0.1) is 5.69 Å². The van der Waals surface area contributed by atoms with Crippen molar-refractivity contribution in [3.8, 4) is 0 Å². The fourth-order valence-electron chi connectivity index (χ4n) is 3.97. The van der Waals surface area contributed by atoms with Crippen LogP contribution in [-0.4, -0.2) is 56.1 Å². The lowest BCUT2D eigenvalue weighted by Crippen LogP contribution is -2.46. The third-order valence-electron chi connectivity index (χ3n) is 5.65. The molecule has 8 heteroatoms. The van der Waals surface area contributed by atoms with Crippen LogP contribution in [0.25, 0.3) is 0 Å². The van der Waals surface area contributed by atoms with Crippen molar-refractivity contribution in [2.75, 3.05) is 44.2 Å². The maximum atomic E-state index is 14.6. The number of piperazine rings is 1. The van der Waals surface area contributed by atoms with Gasteiger partial charge in [-0.05, 0) is 50.0 Å². The van der Waals surface area contributed by atoms with Crippen LogP contribution in [0.4, 0.5) is 10.1 Å². The molecule has 27 heavy (non-hydrogen) atoms. The highest BCUT2D eigenvalue weighted by molar-refractivity contribution is 5.94. The Balaban J connectivity index is 0.00000182. The van der Waals surface area contributed by atoms with Crippen molar-refractivity contribution in [3.05, 3.63) is 29.6 Å². The van der Waals surface area contributed by atoms with Crippen molar-refractivity contribution in [1.82, 2.24) is 10.2 Å². The summed E-state index contributed by atoms with van der Waals surface area (Å²) in [5.74, 6) is -0.186. The Morgan fingerprint density at radius 2 is 1.93 bits per heavy atom. The standard InChI is InChI=1S/C19H29FN4O.2ClH/c1-2-23-8-10-24(11-9-23)18-7-6-14(12-16(18)20)19(25)22-17-5-3-4-15(17)13-21;;/h6-7,12,15,17H,2-5,8-11,13,21H2,1H3,(H,22,25);2*1H. The first-order chi connectivity index (χ1) is 12.1. The first-order valence-electron chi connectivity index (χ1n) is 9.40. The molecule has 1 aromatic carbocycles. The molecule has 2 atom stereocenters. The normalized spacial score (nSPS) is 22.7. The number of rotatable bonds is 5. The first kappa shape index (κ1) is 24.0. The van der Waals surface area contributed by atoms with Gasteiger partial charge in [-0.2, -0.15) is 0 Å². The van der Waals surface area contributed by atoms with Crippen molar-refractivity contribution < 1.29 is 9.18 Å². The van der Waals surface area contributed by atoms with E-state index >= 15 is 0 Å². The molecule has 2 unspecified atom stereocenters. The summed E-state index contributed by atoms with van der Waals surface area (Å²) >= 11 is 0. The minimum Gasteiger partial charge on any atom is -0.367 e. The number of carbonyl (C=O) groups is 1. The number of anilines is 1. The van der Waals surface area contributed by atoms with Crippen LogP contribution in [0.2, 0.25) is 0 Å². The van der Waals surface area contributed by atoms with Crippen LogP contribution in [0, 0.1) is 11.7 Å². The van der Waals surface area contributed by atoms with Crippen LogP contribution in [0.1, 0.15) is 36.5 Å². The van der Waals surface area contributed by atoms with E-state index in [2.05, 4.69) is 22.0 Å². The second kappa shape index (κ2) is 11.1. The van der Waals surface area contributed by atoms with E-state index in [1.54, 1.807) is 12.1 Å². The third kappa shape index (κ3) is 5.70. The lowest BCUT2D eigenvalue weighted by molar-refractivity contribution is 0.0928. The number of carbonyl (C=O) groups excluding carboxylic acids is 1. The van der Waals surface area contributed by atoms with Crippen molar-refractivity contribution >= 4 is 36.4 Å². The van der Waals surface area contributed by atoms with Gasteiger partial charge in [-0.25, -0.2) is 4.39 Å². The van der Waals surface area contributed by atoms with Crippen LogP contribution in [0.3, 0.4) is 0 Å². The number of benzene rings is 1. The Bertz CT molecular complexity index is 611. The van der Waals surface area contributed by atoms with Crippen LogP contribution < -0.4 is 16.0 Å². The number of amides is 1. The molecule has 0 spiro atoms. The van der Waals surface area contributed by atoms with Crippen molar-refractivity contribution in [2.24, 2.45) is 11.7 Å². The van der Waals surface area contributed by atoms with Crippen LogP contribution in [-0.2, 0) is 0 Å². The molecule has 1 aromatic rings. The molecule has 1 saturated heterocycles. The van der Waals surface area contributed by atoms with Gasteiger partial charge in [-0.3, -0.25) is 4.79 Å². The molecule has 0 aromatic heterocycles. The highest BCUT2D eigenvalue weighted by Gasteiger charge is 2.28. The summed E-state index contributed by atoms with van der Waals surface area (Å²) in [6, 6.07) is 4.94. The van der Waals surface area contributed by atoms with Gasteiger partial charge in [0.15, 0.2) is 0 Å². The van der Waals surface area contributed by atoms with E-state index in [4.69, 9.17) is 5.73 Å². The van der Waals surface area contributed by atoms with Gasteiger partial charge in [-0.1, -0.05) is 13.3 Å². The minimum absolute atomic E-state index is 0. The molecular weight excluding hydrogens is 390 g/mol. The summed E-state index contributed by atoms with van der Waals surface area (Å²) in [4.78, 5) is 16.9. The topological polar surface area (TPSA) is 61.6 Å². The van der Waals surface area contributed by atoms with E-state index in [0.717, 1.165) is 52.0 Å². The molecule has 2 fully saturated rings. The average molecular weight is 421 g/mol. The lowest BCUT2D eigenvalue weighted by Gasteiger charge is -2.35. The molecule has 1 aliphatic heterocycles. The van der Waals surface area contributed by atoms with Crippen molar-refractivity contribution in [2.45, 2.75) is 32.2 Å². The van der Waals surface area contributed by atoms with Gasteiger partial charge in [0.25, 0.3) is 5.91 Å². The average Bonchev–Trinajstić information content (AvgIpc) is 3.09. The van der Waals surface area contributed by atoms with Gasteiger partial charge in [0.2, 0.25) is 0 Å². The van der Waals surface area contributed by atoms with Gasteiger partial charge in [-0.15, -0.1) is 24.8 Å². The van der Waals surface area contributed by atoms with E-state index in [0.29, 0.717) is 23.7 Å². The summed E-state index contributed by atoms with van der Waals surface area (Å²) in [6.45, 7) is 7.28. The molecule has 3 N–H and O–H groups in total. The molecule has 2 aliphatic rings. The fraction of sp³-hybridized carbons (Fsp3) is 0.632. The summed E-state index contributed by atoms with van der Waals surface area (Å²) in [5.41, 5.74) is 6.74. The van der Waals surface area contributed by atoms with Gasteiger partial charge >= 0.3 is 0 Å². The minimum atomic E-state index is -0.320. The number of nitrogens with two attached hydrogens (primary N) is 1. The second-order valence-electron chi connectivity index (χ2n) is 7.09. The smallest absolute Gasteiger partial charge is 0.251 e. The quantitative estimate of drug-likeness (QED) is 0.768. The van der Waals surface area contributed by atoms with Gasteiger partial charge in [0, 0.05) is 37.8 Å². The van der Waals surface area contributed by atoms with E-state index in [-0.39, 0.29) is 42.6 Å². The zero-order valence-corrected chi connectivity index (χ0v) is 17.5. The maximum absolute atomic E-state index is 14.6. The largest absolute Gasteiger partial charge is 0.367 e. The Morgan fingerprint density at radius 3 is 2.52 bits per heavy atom.